The predicted octanol–water partition coefficient (Wildman–Crippen LogP) is 5.07. The van der Waals surface area contributed by atoms with Gasteiger partial charge in [0.15, 0.2) is 0 Å². The second-order valence-electron chi connectivity index (χ2n) is 5.26. The first kappa shape index (κ1) is 17.6. The molecule has 1 nitrogen and oxygen atoms in total. The highest BCUT2D eigenvalue weighted by Gasteiger charge is 2.23. The fourth-order valence-corrected chi connectivity index (χ4v) is 3.14. The van der Waals surface area contributed by atoms with Gasteiger partial charge < -0.3 is 5.32 Å². The van der Waals surface area contributed by atoms with Gasteiger partial charge in [-0.2, -0.15) is 0 Å². The Bertz CT molecular complexity index is 417. The lowest BCUT2D eigenvalue weighted by atomic mass is 9.86. The second-order valence-corrected chi connectivity index (χ2v) is 6.11. The zero-order chi connectivity index (χ0) is 15.1. The summed E-state index contributed by atoms with van der Waals surface area (Å²) in [6.07, 6.45) is 4.73. The maximum Gasteiger partial charge on any atom is 0.143 e. The van der Waals surface area contributed by atoms with E-state index < -0.39 is 11.6 Å². The van der Waals surface area contributed by atoms with Crippen LogP contribution in [0.2, 0.25) is 0 Å². The molecule has 114 valence electrons. The summed E-state index contributed by atoms with van der Waals surface area (Å²) in [5, 5.41) is 3.25. The number of rotatable bonds is 8. The van der Waals surface area contributed by atoms with E-state index in [1.807, 2.05) is 7.05 Å². The minimum Gasteiger partial charge on any atom is -0.316 e. The molecule has 0 fully saturated rings. The molecular weight excluding hydrogens is 324 g/mol. The zero-order valence-corrected chi connectivity index (χ0v) is 14.1. The molecule has 0 aliphatic rings. The van der Waals surface area contributed by atoms with E-state index >= 15 is 0 Å². The third-order valence-corrected chi connectivity index (χ3v) is 4.43. The van der Waals surface area contributed by atoms with Crippen LogP contribution < -0.4 is 5.32 Å². The summed E-state index contributed by atoms with van der Waals surface area (Å²) in [6.45, 7) is 4.30. The van der Waals surface area contributed by atoms with Crippen LogP contribution in [0.4, 0.5) is 8.78 Å². The number of hydrogen-bond acceptors (Lipinski definition) is 1. The molecule has 1 N–H and O–H groups in total. The molecule has 0 heterocycles. The van der Waals surface area contributed by atoms with Crippen molar-refractivity contribution in [1.29, 1.82) is 0 Å². The van der Waals surface area contributed by atoms with Crippen LogP contribution >= 0.6 is 15.9 Å². The molecule has 4 heteroatoms. The summed E-state index contributed by atoms with van der Waals surface area (Å²) in [6, 6.07) is 2.84. The molecule has 0 amide bonds. The van der Waals surface area contributed by atoms with E-state index in [1.54, 1.807) is 0 Å². The molecule has 0 radical (unpaired) electrons. The summed E-state index contributed by atoms with van der Waals surface area (Å²) >= 11 is 3.13. The van der Waals surface area contributed by atoms with Crippen molar-refractivity contribution >= 4 is 15.9 Å². The number of nitrogens with one attached hydrogen (secondary N) is 1. The Morgan fingerprint density at radius 2 is 1.75 bits per heavy atom. The number of halogens is 3. The minimum atomic E-state index is -0.475. The van der Waals surface area contributed by atoms with Crippen LogP contribution in [0, 0.1) is 17.6 Å². The summed E-state index contributed by atoms with van der Waals surface area (Å²) in [5.74, 6) is -0.484. The molecule has 0 aliphatic heterocycles. The maximum absolute atomic E-state index is 14.1. The van der Waals surface area contributed by atoms with Crippen molar-refractivity contribution in [3.8, 4) is 0 Å². The maximum atomic E-state index is 14.1. The van der Waals surface area contributed by atoms with Gasteiger partial charge in [-0.25, -0.2) is 8.78 Å². The fraction of sp³-hybridized carbons (Fsp3) is 0.625. The van der Waals surface area contributed by atoms with E-state index in [-0.39, 0.29) is 11.6 Å². The average molecular weight is 348 g/mol. The monoisotopic (exact) mass is 347 g/mol. The van der Waals surface area contributed by atoms with Crippen LogP contribution in [-0.2, 0) is 6.42 Å². The molecule has 1 atom stereocenters. The summed E-state index contributed by atoms with van der Waals surface area (Å²) < 4.78 is 28.3. The average Bonchev–Trinajstić information content (AvgIpc) is 2.43. The first-order chi connectivity index (χ1) is 9.54. The van der Waals surface area contributed by atoms with Gasteiger partial charge in [0.1, 0.15) is 11.6 Å². The fourth-order valence-electron chi connectivity index (χ4n) is 2.77. The molecule has 0 aliphatic carbocycles. The number of likely N-dealkylation sites (N-methyl/N-ethyl adjacent to an activating group) is 1. The molecular formula is C16H24BrF2N. The van der Waals surface area contributed by atoms with Crippen molar-refractivity contribution in [3.05, 3.63) is 33.8 Å². The van der Waals surface area contributed by atoms with E-state index in [4.69, 9.17) is 0 Å². The van der Waals surface area contributed by atoms with E-state index in [9.17, 15) is 8.78 Å². The van der Waals surface area contributed by atoms with Crippen molar-refractivity contribution in [2.24, 2.45) is 5.92 Å². The van der Waals surface area contributed by atoms with Gasteiger partial charge in [0.2, 0.25) is 0 Å². The lowest BCUT2D eigenvalue weighted by molar-refractivity contribution is 0.317. The molecule has 0 aromatic heterocycles. The molecule has 1 unspecified atom stereocenters. The Morgan fingerprint density at radius 3 is 2.25 bits per heavy atom. The van der Waals surface area contributed by atoms with Gasteiger partial charge in [-0.05, 0) is 60.3 Å². The lowest BCUT2D eigenvalue weighted by Gasteiger charge is -2.27. The Labute approximate surface area is 129 Å². The molecule has 0 spiro atoms. The molecule has 1 aromatic carbocycles. The van der Waals surface area contributed by atoms with E-state index in [2.05, 4.69) is 35.1 Å². The highest BCUT2D eigenvalue weighted by Crippen LogP contribution is 2.26. The van der Waals surface area contributed by atoms with Gasteiger partial charge in [-0.15, -0.1) is 0 Å². The topological polar surface area (TPSA) is 12.0 Å². The molecule has 0 bridgehead atoms. The third kappa shape index (κ3) is 4.52. The first-order valence-corrected chi connectivity index (χ1v) is 8.14. The standard InChI is InChI=1S/C16H24BrF2N/c1-4-6-11(7-5-2)15(20-3)10-12-14(18)9-8-13(17)16(12)19/h8-9,11,15,20H,4-7,10H2,1-3H3. The third-order valence-electron chi connectivity index (χ3n) is 3.82. The SMILES string of the molecule is CCCC(CCC)C(Cc1c(F)ccc(Br)c1F)NC. The van der Waals surface area contributed by atoms with Gasteiger partial charge in [0, 0.05) is 11.6 Å². The van der Waals surface area contributed by atoms with Crippen LogP contribution in [0.3, 0.4) is 0 Å². The van der Waals surface area contributed by atoms with Gasteiger partial charge in [0.05, 0.1) is 4.47 Å². The molecule has 1 aromatic rings. The number of benzene rings is 1. The summed E-state index contributed by atoms with van der Waals surface area (Å²) in [4.78, 5) is 0. The smallest absolute Gasteiger partial charge is 0.143 e. The largest absolute Gasteiger partial charge is 0.316 e. The van der Waals surface area contributed by atoms with Crippen molar-refractivity contribution in [3.63, 3.8) is 0 Å². The molecule has 1 rings (SSSR count). The first-order valence-electron chi connectivity index (χ1n) is 7.34. The normalized spacial score (nSPS) is 12.9. The lowest BCUT2D eigenvalue weighted by Crippen LogP contribution is -2.36. The second kappa shape index (κ2) is 8.73. The highest BCUT2D eigenvalue weighted by molar-refractivity contribution is 9.10. The Morgan fingerprint density at radius 1 is 1.15 bits per heavy atom. The van der Waals surface area contributed by atoms with E-state index in [0.717, 1.165) is 25.7 Å². The van der Waals surface area contributed by atoms with E-state index in [0.29, 0.717) is 16.8 Å². The van der Waals surface area contributed by atoms with Crippen LogP contribution in [0.25, 0.3) is 0 Å². The highest BCUT2D eigenvalue weighted by atomic mass is 79.9. The van der Waals surface area contributed by atoms with Crippen LogP contribution in [0.5, 0.6) is 0 Å². The van der Waals surface area contributed by atoms with Gasteiger partial charge in [0.25, 0.3) is 0 Å². The van der Waals surface area contributed by atoms with Gasteiger partial charge in [-0.1, -0.05) is 26.7 Å². The van der Waals surface area contributed by atoms with Crippen LogP contribution in [0.1, 0.15) is 45.1 Å². The van der Waals surface area contributed by atoms with Crippen molar-refractivity contribution in [2.75, 3.05) is 7.05 Å². The molecule has 0 saturated carbocycles. The summed E-state index contributed by atoms with van der Waals surface area (Å²) in [5.41, 5.74) is 0.177. The molecule has 20 heavy (non-hydrogen) atoms. The molecule has 0 saturated heterocycles. The Kier molecular flexibility index (Phi) is 7.67. The van der Waals surface area contributed by atoms with E-state index in [1.165, 1.54) is 12.1 Å². The predicted molar refractivity (Wildman–Crippen MR) is 83.9 cm³/mol. The van der Waals surface area contributed by atoms with Gasteiger partial charge in [-0.3, -0.25) is 0 Å². The van der Waals surface area contributed by atoms with Crippen LogP contribution in [0.15, 0.2) is 16.6 Å². The quantitative estimate of drug-likeness (QED) is 0.647. The number of hydrogen-bond donors (Lipinski definition) is 1. The van der Waals surface area contributed by atoms with Crippen molar-refractivity contribution in [1.82, 2.24) is 5.32 Å². The Hall–Kier alpha value is -0.480. The summed E-state index contributed by atoms with van der Waals surface area (Å²) in [7, 11) is 1.87. The zero-order valence-electron chi connectivity index (χ0n) is 12.5. The van der Waals surface area contributed by atoms with Crippen molar-refractivity contribution < 1.29 is 8.78 Å². The van der Waals surface area contributed by atoms with Crippen molar-refractivity contribution in [2.45, 2.75) is 52.0 Å². The van der Waals surface area contributed by atoms with Crippen LogP contribution in [-0.4, -0.2) is 13.1 Å². The minimum absolute atomic E-state index is 0.105. The Balaban J connectivity index is 2.94. The van der Waals surface area contributed by atoms with Gasteiger partial charge >= 0.3 is 0 Å².